The SMILES string of the molecule is O=C(CCC1CCCCC1)N[C@@H](CCc1ccccc1)C(=O)c1nc2ccc(C(=O)O)cc2o1. The molecule has 0 unspecified atom stereocenters. The largest absolute Gasteiger partial charge is 0.478 e. The fraction of sp³-hybridized carbons (Fsp3) is 0.407. The molecular formula is C27H30N2O5. The summed E-state index contributed by atoms with van der Waals surface area (Å²) in [5.41, 5.74) is 1.76. The van der Waals surface area contributed by atoms with Gasteiger partial charge in [0, 0.05) is 6.42 Å². The maximum atomic E-state index is 13.3. The molecule has 2 N–H and O–H groups in total. The van der Waals surface area contributed by atoms with Gasteiger partial charge in [0.15, 0.2) is 5.58 Å². The smallest absolute Gasteiger partial charge is 0.335 e. The van der Waals surface area contributed by atoms with E-state index in [0.717, 1.165) is 12.0 Å². The van der Waals surface area contributed by atoms with Crippen molar-refractivity contribution in [3.05, 3.63) is 65.5 Å². The Hall–Kier alpha value is -3.48. The number of aromatic carboxylic acids is 1. The number of oxazole rings is 1. The Bertz CT molecular complexity index is 1150. The van der Waals surface area contributed by atoms with Crippen LogP contribution in [-0.4, -0.2) is 33.8 Å². The summed E-state index contributed by atoms with van der Waals surface area (Å²) < 4.78 is 5.62. The molecule has 0 bridgehead atoms. The molecular weight excluding hydrogens is 432 g/mol. The molecule has 0 radical (unpaired) electrons. The van der Waals surface area contributed by atoms with Crippen LogP contribution in [0.2, 0.25) is 0 Å². The summed E-state index contributed by atoms with van der Waals surface area (Å²) in [5.74, 6) is -1.17. The van der Waals surface area contributed by atoms with Crippen LogP contribution in [-0.2, 0) is 11.2 Å². The van der Waals surface area contributed by atoms with Gasteiger partial charge in [-0.25, -0.2) is 9.78 Å². The number of nitrogens with zero attached hydrogens (tertiary/aromatic N) is 1. The third-order valence-corrected chi connectivity index (χ3v) is 6.57. The van der Waals surface area contributed by atoms with E-state index in [4.69, 9.17) is 4.42 Å². The number of aromatic nitrogens is 1. The number of fused-ring (bicyclic) bond motifs is 1. The molecule has 0 saturated heterocycles. The van der Waals surface area contributed by atoms with Crippen LogP contribution in [0.25, 0.3) is 11.1 Å². The standard InChI is InChI=1S/C27H30N2O5/c30-24(16-12-19-9-5-2-6-10-19)28-22(14-11-18-7-3-1-4-8-18)25(31)26-29-21-15-13-20(27(32)33)17-23(21)34-26/h1,3-4,7-8,13,15,17,19,22H,2,5-6,9-12,14,16H2,(H,28,30)(H,32,33)/t22-/m0/s1. The molecule has 3 aromatic rings. The van der Waals surface area contributed by atoms with Gasteiger partial charge in [0.25, 0.3) is 5.89 Å². The minimum absolute atomic E-state index is 0.0549. The highest BCUT2D eigenvalue weighted by atomic mass is 16.4. The molecule has 7 heteroatoms. The molecule has 4 rings (SSSR count). The van der Waals surface area contributed by atoms with Crippen LogP contribution in [0.1, 0.15) is 78.0 Å². The second kappa shape index (κ2) is 11.1. The van der Waals surface area contributed by atoms with Crippen molar-refractivity contribution < 1.29 is 23.9 Å². The number of ketones is 1. The van der Waals surface area contributed by atoms with Crippen molar-refractivity contribution in [1.29, 1.82) is 0 Å². The summed E-state index contributed by atoms with van der Waals surface area (Å²) in [6.45, 7) is 0. The minimum atomic E-state index is -1.09. The number of carbonyl (C=O) groups excluding carboxylic acids is 2. The van der Waals surface area contributed by atoms with E-state index in [1.54, 1.807) is 0 Å². The lowest BCUT2D eigenvalue weighted by atomic mass is 9.86. The Morgan fingerprint density at radius 3 is 2.56 bits per heavy atom. The van der Waals surface area contributed by atoms with Crippen molar-refractivity contribution in [3.8, 4) is 0 Å². The maximum absolute atomic E-state index is 13.3. The summed E-state index contributed by atoms with van der Waals surface area (Å²) in [6.07, 6.45) is 8.34. The van der Waals surface area contributed by atoms with Gasteiger partial charge in [-0.2, -0.15) is 0 Å². The number of amides is 1. The van der Waals surface area contributed by atoms with Gasteiger partial charge in [-0.3, -0.25) is 9.59 Å². The summed E-state index contributed by atoms with van der Waals surface area (Å²) in [6, 6.07) is 13.3. The van der Waals surface area contributed by atoms with Gasteiger partial charge in [-0.05, 0) is 48.9 Å². The quantitative estimate of drug-likeness (QED) is 0.402. The Morgan fingerprint density at radius 2 is 1.82 bits per heavy atom. The molecule has 1 atom stereocenters. The molecule has 2 aromatic carbocycles. The van der Waals surface area contributed by atoms with Gasteiger partial charge in [-0.15, -0.1) is 0 Å². The minimum Gasteiger partial charge on any atom is -0.478 e. The van der Waals surface area contributed by atoms with E-state index in [9.17, 15) is 19.5 Å². The number of rotatable bonds is 10. The maximum Gasteiger partial charge on any atom is 0.335 e. The third kappa shape index (κ3) is 6.10. The van der Waals surface area contributed by atoms with E-state index >= 15 is 0 Å². The Morgan fingerprint density at radius 1 is 1.06 bits per heavy atom. The zero-order valence-corrected chi connectivity index (χ0v) is 19.2. The number of aryl methyl sites for hydroxylation is 1. The van der Waals surface area contributed by atoms with Crippen LogP contribution in [0.4, 0.5) is 0 Å². The Balaban J connectivity index is 1.47. The van der Waals surface area contributed by atoms with Crippen LogP contribution in [0.3, 0.4) is 0 Å². The summed E-state index contributed by atoms with van der Waals surface area (Å²) >= 11 is 0. The van der Waals surface area contributed by atoms with Gasteiger partial charge in [0.1, 0.15) is 5.52 Å². The first-order valence-corrected chi connectivity index (χ1v) is 12.0. The molecule has 1 fully saturated rings. The second-order valence-corrected chi connectivity index (χ2v) is 9.06. The molecule has 7 nitrogen and oxygen atoms in total. The van der Waals surface area contributed by atoms with Crippen LogP contribution in [0.15, 0.2) is 52.9 Å². The first kappa shape index (κ1) is 23.7. The van der Waals surface area contributed by atoms with Gasteiger partial charge < -0.3 is 14.8 Å². The number of benzene rings is 2. The van der Waals surface area contributed by atoms with Gasteiger partial charge in [0.2, 0.25) is 11.7 Å². The molecule has 0 spiro atoms. The number of carbonyl (C=O) groups is 3. The lowest BCUT2D eigenvalue weighted by molar-refractivity contribution is -0.122. The molecule has 1 saturated carbocycles. The summed E-state index contributed by atoms with van der Waals surface area (Å²) in [5, 5.41) is 12.1. The van der Waals surface area contributed by atoms with Crippen molar-refractivity contribution in [2.75, 3.05) is 0 Å². The average molecular weight is 463 g/mol. The van der Waals surface area contributed by atoms with Crippen molar-refractivity contribution in [2.24, 2.45) is 5.92 Å². The first-order chi connectivity index (χ1) is 16.5. The van der Waals surface area contributed by atoms with Crippen molar-refractivity contribution in [1.82, 2.24) is 10.3 Å². The molecule has 1 aliphatic carbocycles. The molecule has 1 heterocycles. The molecule has 0 aliphatic heterocycles. The van der Waals surface area contributed by atoms with Crippen LogP contribution < -0.4 is 5.32 Å². The van der Waals surface area contributed by atoms with E-state index in [0.29, 0.717) is 30.7 Å². The highest BCUT2D eigenvalue weighted by Crippen LogP contribution is 2.27. The van der Waals surface area contributed by atoms with Gasteiger partial charge in [-0.1, -0.05) is 62.4 Å². The van der Waals surface area contributed by atoms with Gasteiger partial charge in [0.05, 0.1) is 11.6 Å². The summed E-state index contributed by atoms with van der Waals surface area (Å²) in [7, 11) is 0. The first-order valence-electron chi connectivity index (χ1n) is 12.0. The average Bonchev–Trinajstić information content (AvgIpc) is 3.29. The topological polar surface area (TPSA) is 110 Å². The zero-order chi connectivity index (χ0) is 23.9. The predicted octanol–water partition coefficient (Wildman–Crippen LogP) is 5.19. The highest BCUT2D eigenvalue weighted by molar-refractivity contribution is 6.00. The number of carboxylic acids is 1. The van der Waals surface area contributed by atoms with E-state index in [-0.39, 0.29) is 22.9 Å². The number of carboxylic acid groups (broad SMARTS) is 1. The fourth-order valence-electron chi connectivity index (χ4n) is 4.61. The van der Waals surface area contributed by atoms with Crippen LogP contribution in [0.5, 0.6) is 0 Å². The molecule has 1 aliphatic rings. The fourth-order valence-corrected chi connectivity index (χ4v) is 4.61. The monoisotopic (exact) mass is 462 g/mol. The van der Waals surface area contributed by atoms with Crippen molar-refractivity contribution >= 4 is 28.8 Å². The van der Waals surface area contributed by atoms with Crippen molar-refractivity contribution in [2.45, 2.75) is 63.8 Å². The van der Waals surface area contributed by atoms with E-state index in [1.807, 2.05) is 30.3 Å². The Kier molecular flexibility index (Phi) is 7.72. The van der Waals surface area contributed by atoms with E-state index in [2.05, 4.69) is 10.3 Å². The highest BCUT2D eigenvalue weighted by Gasteiger charge is 2.27. The van der Waals surface area contributed by atoms with Crippen LogP contribution >= 0.6 is 0 Å². The Labute approximate surface area is 198 Å². The molecule has 178 valence electrons. The normalized spacial score (nSPS) is 15.2. The van der Waals surface area contributed by atoms with E-state index in [1.165, 1.54) is 50.3 Å². The van der Waals surface area contributed by atoms with Crippen molar-refractivity contribution in [3.63, 3.8) is 0 Å². The number of nitrogens with one attached hydrogen (secondary N) is 1. The third-order valence-electron chi connectivity index (χ3n) is 6.57. The van der Waals surface area contributed by atoms with Crippen LogP contribution in [0, 0.1) is 5.92 Å². The lowest BCUT2D eigenvalue weighted by Crippen LogP contribution is -2.41. The number of Topliss-reactive ketones (excluding diaryl/α,β-unsaturated/α-hetero) is 1. The molecule has 1 aromatic heterocycles. The zero-order valence-electron chi connectivity index (χ0n) is 19.2. The second-order valence-electron chi connectivity index (χ2n) is 9.06. The molecule has 34 heavy (non-hydrogen) atoms. The lowest BCUT2D eigenvalue weighted by Gasteiger charge is -2.22. The van der Waals surface area contributed by atoms with Gasteiger partial charge >= 0.3 is 5.97 Å². The predicted molar refractivity (Wildman–Crippen MR) is 128 cm³/mol. The molecule has 1 amide bonds. The van der Waals surface area contributed by atoms with E-state index < -0.39 is 17.8 Å². The summed E-state index contributed by atoms with van der Waals surface area (Å²) in [4.78, 5) is 41.6. The number of hydrogen-bond acceptors (Lipinski definition) is 5. The number of hydrogen-bond donors (Lipinski definition) is 2.